The molecule has 1 unspecified atom stereocenters. The summed E-state index contributed by atoms with van der Waals surface area (Å²) in [6.45, 7) is 4.36. The summed E-state index contributed by atoms with van der Waals surface area (Å²) in [5.74, 6) is 1.64. The van der Waals surface area contributed by atoms with Crippen LogP contribution < -0.4 is 5.73 Å². The molecule has 2 N–H and O–H groups in total. The highest BCUT2D eigenvalue weighted by molar-refractivity contribution is 6.31. The van der Waals surface area contributed by atoms with Gasteiger partial charge in [-0.05, 0) is 55.2 Å². The number of nitrogens with two attached hydrogens (primary N) is 1. The van der Waals surface area contributed by atoms with Crippen LogP contribution in [0.3, 0.4) is 0 Å². The lowest BCUT2D eigenvalue weighted by atomic mass is 9.76. The summed E-state index contributed by atoms with van der Waals surface area (Å²) in [5.41, 5.74) is 8.90. The van der Waals surface area contributed by atoms with E-state index in [4.69, 9.17) is 17.3 Å². The number of halogens is 1. The number of unbranched alkanes of at least 4 members (excludes halogenated alkanes) is 1. The van der Waals surface area contributed by atoms with E-state index < -0.39 is 0 Å². The molecule has 21 heavy (non-hydrogen) atoms. The molecule has 0 radical (unpaired) electrons. The standard InChI is InChI=1S/C19H30ClN/c1-3-4-5-15-7-10-16(11-8-15)19(21)13-17-9-6-14(2)12-18(17)20/h6,9,12,15-16,19H,3-5,7-8,10-11,13,21H2,1-2H3. The van der Waals surface area contributed by atoms with E-state index in [2.05, 4.69) is 26.0 Å². The predicted molar refractivity (Wildman–Crippen MR) is 92.8 cm³/mol. The first-order chi connectivity index (χ1) is 10.1. The van der Waals surface area contributed by atoms with Gasteiger partial charge in [0.25, 0.3) is 0 Å². The maximum atomic E-state index is 6.47. The molecule has 1 fully saturated rings. The van der Waals surface area contributed by atoms with Crippen molar-refractivity contribution in [3.63, 3.8) is 0 Å². The summed E-state index contributed by atoms with van der Waals surface area (Å²) >= 11 is 6.34. The summed E-state index contributed by atoms with van der Waals surface area (Å²) in [7, 11) is 0. The second kappa shape index (κ2) is 8.19. The first-order valence-electron chi connectivity index (χ1n) is 8.60. The van der Waals surface area contributed by atoms with E-state index in [1.807, 2.05) is 6.07 Å². The quantitative estimate of drug-likeness (QED) is 0.736. The Morgan fingerprint density at radius 3 is 2.57 bits per heavy atom. The second-order valence-corrected chi connectivity index (χ2v) is 7.29. The van der Waals surface area contributed by atoms with Crippen molar-refractivity contribution in [3.8, 4) is 0 Å². The number of hydrogen-bond donors (Lipinski definition) is 1. The molecule has 1 aromatic carbocycles. The van der Waals surface area contributed by atoms with Crippen LogP contribution in [0, 0.1) is 18.8 Å². The van der Waals surface area contributed by atoms with Crippen molar-refractivity contribution in [2.75, 3.05) is 0 Å². The summed E-state index contributed by atoms with van der Waals surface area (Å²) in [6.07, 6.45) is 10.4. The normalized spacial score (nSPS) is 24.0. The fraction of sp³-hybridized carbons (Fsp3) is 0.684. The summed E-state index contributed by atoms with van der Waals surface area (Å²) in [5, 5.41) is 0.877. The van der Waals surface area contributed by atoms with Gasteiger partial charge in [0.2, 0.25) is 0 Å². The minimum Gasteiger partial charge on any atom is -0.327 e. The van der Waals surface area contributed by atoms with Crippen molar-refractivity contribution in [1.29, 1.82) is 0 Å². The molecule has 0 heterocycles. The molecule has 1 saturated carbocycles. The van der Waals surface area contributed by atoms with Crippen molar-refractivity contribution in [2.45, 2.75) is 71.3 Å². The zero-order valence-corrected chi connectivity index (χ0v) is 14.3. The molecule has 0 amide bonds. The van der Waals surface area contributed by atoms with Crippen molar-refractivity contribution in [1.82, 2.24) is 0 Å². The van der Waals surface area contributed by atoms with Crippen LogP contribution in [0.25, 0.3) is 0 Å². The van der Waals surface area contributed by atoms with Gasteiger partial charge < -0.3 is 5.73 Å². The molecule has 1 aromatic rings. The molecule has 1 nitrogen and oxygen atoms in total. The summed E-state index contributed by atoms with van der Waals surface area (Å²) in [4.78, 5) is 0. The number of aryl methyl sites for hydroxylation is 1. The summed E-state index contributed by atoms with van der Waals surface area (Å²) < 4.78 is 0. The highest BCUT2D eigenvalue weighted by Crippen LogP contribution is 2.34. The van der Waals surface area contributed by atoms with E-state index in [9.17, 15) is 0 Å². The highest BCUT2D eigenvalue weighted by atomic mass is 35.5. The molecular weight excluding hydrogens is 278 g/mol. The lowest BCUT2D eigenvalue weighted by Crippen LogP contribution is -2.35. The Bertz CT molecular complexity index is 435. The molecular formula is C19H30ClN. The van der Waals surface area contributed by atoms with Crippen LogP contribution in [0.2, 0.25) is 5.02 Å². The third-order valence-electron chi connectivity index (χ3n) is 5.13. The van der Waals surface area contributed by atoms with E-state index in [-0.39, 0.29) is 6.04 Å². The topological polar surface area (TPSA) is 26.0 Å². The third kappa shape index (κ3) is 5.00. The Balaban J connectivity index is 1.83. The van der Waals surface area contributed by atoms with Crippen molar-refractivity contribution < 1.29 is 0 Å². The Hall–Kier alpha value is -0.530. The van der Waals surface area contributed by atoms with Gasteiger partial charge in [0.05, 0.1) is 0 Å². The molecule has 0 aromatic heterocycles. The first kappa shape index (κ1) is 16.8. The van der Waals surface area contributed by atoms with Gasteiger partial charge in [-0.15, -0.1) is 0 Å². The average molecular weight is 308 g/mol. The fourth-order valence-electron chi connectivity index (χ4n) is 3.64. The maximum absolute atomic E-state index is 6.47. The van der Waals surface area contributed by atoms with E-state index in [0.717, 1.165) is 17.4 Å². The molecule has 1 aliphatic carbocycles. The maximum Gasteiger partial charge on any atom is 0.0441 e. The molecule has 1 aliphatic rings. The van der Waals surface area contributed by atoms with Gasteiger partial charge in [-0.1, -0.05) is 62.8 Å². The van der Waals surface area contributed by atoms with Crippen LogP contribution in [0.5, 0.6) is 0 Å². The monoisotopic (exact) mass is 307 g/mol. The van der Waals surface area contributed by atoms with E-state index in [0.29, 0.717) is 5.92 Å². The third-order valence-corrected chi connectivity index (χ3v) is 5.48. The van der Waals surface area contributed by atoms with Gasteiger partial charge in [0.15, 0.2) is 0 Å². The molecule has 118 valence electrons. The van der Waals surface area contributed by atoms with Gasteiger partial charge in [0.1, 0.15) is 0 Å². The molecule has 0 spiro atoms. The van der Waals surface area contributed by atoms with Gasteiger partial charge in [-0.25, -0.2) is 0 Å². The second-order valence-electron chi connectivity index (χ2n) is 6.89. The molecule has 1 atom stereocenters. The van der Waals surface area contributed by atoms with Crippen molar-refractivity contribution in [3.05, 3.63) is 34.3 Å². The zero-order valence-electron chi connectivity index (χ0n) is 13.6. The van der Waals surface area contributed by atoms with Crippen LogP contribution >= 0.6 is 11.6 Å². The van der Waals surface area contributed by atoms with Crippen LogP contribution in [-0.2, 0) is 6.42 Å². The molecule has 2 heteroatoms. The van der Waals surface area contributed by atoms with Gasteiger partial charge >= 0.3 is 0 Å². The van der Waals surface area contributed by atoms with Crippen LogP contribution in [0.4, 0.5) is 0 Å². The molecule has 0 aliphatic heterocycles. The average Bonchev–Trinajstić information content (AvgIpc) is 2.48. The number of benzene rings is 1. The van der Waals surface area contributed by atoms with Crippen molar-refractivity contribution in [2.24, 2.45) is 17.6 Å². The van der Waals surface area contributed by atoms with Gasteiger partial charge in [-0.2, -0.15) is 0 Å². The molecule has 2 rings (SSSR count). The van der Waals surface area contributed by atoms with Crippen molar-refractivity contribution >= 4 is 11.6 Å². The lowest BCUT2D eigenvalue weighted by molar-refractivity contribution is 0.231. The van der Waals surface area contributed by atoms with Crippen LogP contribution in [0.15, 0.2) is 18.2 Å². The SMILES string of the molecule is CCCCC1CCC(C(N)Cc2ccc(C)cc2Cl)CC1. The Labute approximate surface area is 135 Å². The van der Waals surface area contributed by atoms with Crippen LogP contribution in [-0.4, -0.2) is 6.04 Å². The zero-order chi connectivity index (χ0) is 15.2. The van der Waals surface area contributed by atoms with Gasteiger partial charge in [-0.3, -0.25) is 0 Å². The van der Waals surface area contributed by atoms with E-state index >= 15 is 0 Å². The Kier molecular flexibility index (Phi) is 6.57. The van der Waals surface area contributed by atoms with E-state index in [1.54, 1.807) is 0 Å². The highest BCUT2D eigenvalue weighted by Gasteiger charge is 2.25. The van der Waals surface area contributed by atoms with Crippen LogP contribution in [0.1, 0.15) is 63.0 Å². The molecule has 0 saturated heterocycles. The first-order valence-corrected chi connectivity index (χ1v) is 8.98. The summed E-state index contributed by atoms with van der Waals surface area (Å²) in [6, 6.07) is 6.59. The fourth-order valence-corrected chi connectivity index (χ4v) is 3.95. The van der Waals surface area contributed by atoms with Gasteiger partial charge in [0, 0.05) is 11.1 Å². The van der Waals surface area contributed by atoms with E-state index in [1.165, 1.54) is 56.1 Å². The number of rotatable bonds is 6. The molecule has 0 bridgehead atoms. The Morgan fingerprint density at radius 2 is 1.95 bits per heavy atom. The largest absolute Gasteiger partial charge is 0.327 e. The predicted octanol–water partition coefficient (Wildman–Crippen LogP) is 5.51. The minimum atomic E-state index is 0.261. The lowest BCUT2D eigenvalue weighted by Gasteiger charge is -2.32. The smallest absolute Gasteiger partial charge is 0.0441 e. The Morgan fingerprint density at radius 1 is 1.24 bits per heavy atom. The minimum absolute atomic E-state index is 0.261. The number of hydrogen-bond acceptors (Lipinski definition) is 1.